The molecule has 0 aromatic rings. The van der Waals surface area contributed by atoms with Crippen LogP contribution in [-0.2, 0) is 31.5 Å². The number of aliphatic hydroxyl groups excluding tert-OH is 3. The van der Waals surface area contributed by atoms with Crippen molar-refractivity contribution in [3.8, 4) is 0 Å². The van der Waals surface area contributed by atoms with Crippen LogP contribution in [0.2, 0.25) is 0 Å². The molecule has 0 bridgehead atoms. The third-order valence-corrected chi connectivity index (χ3v) is 2.51. The van der Waals surface area contributed by atoms with Crippen molar-refractivity contribution >= 4 is 17.3 Å². The van der Waals surface area contributed by atoms with Gasteiger partial charge >= 0.3 is 37.1 Å². The molecule has 0 atom stereocenters. The van der Waals surface area contributed by atoms with Gasteiger partial charge < -0.3 is 15.3 Å². The predicted octanol–water partition coefficient (Wildman–Crippen LogP) is 6.36. The number of hydrogen-bond donors (Lipinski definition) is 3. The standard InChI is InChI=1S/3C5H2F6O2.Fe/c3*6-4(7,8)2(12)1-3(13)5(9,10)11;/h3*1,12H;/b3*2-1-;. The summed E-state index contributed by atoms with van der Waals surface area (Å²) in [7, 11) is 0. The van der Waals surface area contributed by atoms with Gasteiger partial charge in [0.2, 0.25) is 17.3 Å². The molecule has 0 amide bonds. The maximum Gasteiger partial charge on any atom is 0.454 e. The van der Waals surface area contributed by atoms with E-state index in [1.54, 1.807) is 0 Å². The van der Waals surface area contributed by atoms with Crippen LogP contribution in [0, 0.1) is 0 Å². The van der Waals surface area contributed by atoms with E-state index in [4.69, 9.17) is 15.3 Å². The number of hydrogen-bond acceptors (Lipinski definition) is 6. The van der Waals surface area contributed by atoms with Crippen LogP contribution in [0.5, 0.6) is 0 Å². The maximum atomic E-state index is 11.4. The van der Waals surface area contributed by atoms with Gasteiger partial charge in [0, 0.05) is 35.3 Å². The fourth-order valence-electron chi connectivity index (χ4n) is 0.864. The number of halogens is 18. The van der Waals surface area contributed by atoms with Gasteiger partial charge in [0.05, 0.1) is 0 Å². The molecule has 0 radical (unpaired) electrons. The second-order valence-corrected chi connectivity index (χ2v) is 5.67. The molecule has 0 spiro atoms. The minimum Gasteiger partial charge on any atom is -0.504 e. The molecule has 0 aliphatic heterocycles. The molecule has 0 saturated heterocycles. The molecule has 0 aromatic carbocycles. The van der Waals surface area contributed by atoms with Crippen LogP contribution < -0.4 is 0 Å². The molecule has 0 aliphatic carbocycles. The van der Waals surface area contributed by atoms with Crippen molar-refractivity contribution in [3.05, 3.63) is 35.5 Å². The van der Waals surface area contributed by atoms with Crippen molar-refractivity contribution in [3.63, 3.8) is 0 Å². The zero-order valence-corrected chi connectivity index (χ0v) is 18.6. The van der Waals surface area contributed by atoms with Gasteiger partial charge in [-0.05, 0) is 0 Å². The molecule has 0 saturated carbocycles. The van der Waals surface area contributed by atoms with Crippen molar-refractivity contribution in [2.24, 2.45) is 0 Å². The van der Waals surface area contributed by atoms with Gasteiger partial charge in [-0.15, -0.1) is 0 Å². The number of carbonyl (C=O) groups excluding carboxylic acids is 3. The van der Waals surface area contributed by atoms with E-state index in [-0.39, 0.29) is 17.1 Å². The number of aliphatic hydroxyl groups is 3. The maximum absolute atomic E-state index is 11.4. The minimum absolute atomic E-state index is 0. The van der Waals surface area contributed by atoms with E-state index in [9.17, 15) is 93.4 Å². The van der Waals surface area contributed by atoms with E-state index in [0.29, 0.717) is 0 Å². The minimum atomic E-state index is -5.42. The molecule has 0 aliphatic rings. The van der Waals surface area contributed by atoms with Crippen molar-refractivity contribution in [2.75, 3.05) is 0 Å². The Morgan fingerprint density at radius 1 is 0.350 bits per heavy atom. The van der Waals surface area contributed by atoms with Gasteiger partial charge in [0.25, 0.3) is 17.3 Å². The van der Waals surface area contributed by atoms with Gasteiger partial charge in [-0.2, -0.15) is 79.0 Å². The van der Waals surface area contributed by atoms with Gasteiger partial charge in [-0.1, -0.05) is 0 Å². The van der Waals surface area contributed by atoms with Crippen molar-refractivity contribution in [1.82, 2.24) is 0 Å². The monoisotopic (exact) mass is 680 g/mol. The van der Waals surface area contributed by atoms with Crippen LogP contribution in [0.4, 0.5) is 79.0 Å². The zero-order valence-electron chi connectivity index (χ0n) is 17.5. The van der Waals surface area contributed by atoms with E-state index in [1.165, 1.54) is 0 Å². The Kier molecular flexibility index (Phi) is 16.5. The van der Waals surface area contributed by atoms with Crippen molar-refractivity contribution in [2.45, 2.75) is 37.1 Å². The molecule has 3 N–H and O–H groups in total. The molecule has 0 unspecified atom stereocenters. The number of ketones is 3. The van der Waals surface area contributed by atoms with Crippen LogP contribution in [-0.4, -0.2) is 69.7 Å². The van der Waals surface area contributed by atoms with Crippen molar-refractivity contribution < 1.29 is 126 Å². The van der Waals surface area contributed by atoms with E-state index in [0.717, 1.165) is 0 Å². The quantitative estimate of drug-likeness (QED) is 0.139. The molecule has 25 heteroatoms. The number of allylic oxidation sites excluding steroid dienone is 6. The summed E-state index contributed by atoms with van der Waals surface area (Å²) < 4.78 is 204. The topological polar surface area (TPSA) is 112 Å². The van der Waals surface area contributed by atoms with E-state index in [1.807, 2.05) is 0 Å². The first kappa shape index (κ1) is 43.9. The first-order valence-corrected chi connectivity index (χ1v) is 7.92. The fraction of sp³-hybridized carbons (Fsp3) is 0.400. The molecule has 0 heterocycles. The normalized spacial score (nSPS) is 14.1. The summed E-state index contributed by atoms with van der Waals surface area (Å²) in [5.74, 6) is -16.0. The molecule has 0 aromatic heterocycles. The molecule has 40 heavy (non-hydrogen) atoms. The molecule has 6 nitrogen and oxygen atoms in total. The Balaban J connectivity index is -0.000000240. The number of rotatable bonds is 3. The summed E-state index contributed by atoms with van der Waals surface area (Å²) in [4.78, 5) is 29.6. The molecule has 0 fully saturated rings. The Hall–Kier alpha value is -3.11. The van der Waals surface area contributed by atoms with Gasteiger partial charge in [-0.3, -0.25) is 14.4 Å². The van der Waals surface area contributed by atoms with Crippen LogP contribution in [0.25, 0.3) is 0 Å². The van der Waals surface area contributed by atoms with Crippen LogP contribution in [0.3, 0.4) is 0 Å². The first-order chi connectivity index (χ1) is 16.6. The summed E-state index contributed by atoms with van der Waals surface area (Å²) in [6.07, 6.45) is -35.0. The van der Waals surface area contributed by atoms with Crippen molar-refractivity contribution in [1.29, 1.82) is 0 Å². The Labute approximate surface area is 216 Å². The second-order valence-electron chi connectivity index (χ2n) is 5.67. The molecule has 0 rings (SSSR count). The van der Waals surface area contributed by atoms with E-state index >= 15 is 0 Å². The summed E-state index contributed by atoms with van der Waals surface area (Å²) in [6, 6.07) is 0. The largest absolute Gasteiger partial charge is 0.504 e. The summed E-state index contributed by atoms with van der Waals surface area (Å²) in [5, 5.41) is 23.8. The van der Waals surface area contributed by atoms with Gasteiger partial charge in [-0.25, -0.2) is 0 Å². The summed E-state index contributed by atoms with van der Waals surface area (Å²) in [5.41, 5.74) is 0. The van der Waals surface area contributed by atoms with E-state index < -0.39 is 89.9 Å². The molecule has 236 valence electrons. The SMILES string of the molecule is O=C(/C=C(\O)C(F)(F)F)C(F)(F)F.O=C(/C=C(\O)C(F)(F)F)C(F)(F)F.O=C(/C=C(\O)C(F)(F)F)C(F)(F)F.[Fe]. The number of alkyl halides is 18. The zero-order chi connectivity index (χ0) is 32.6. The third kappa shape index (κ3) is 19.9. The average molecular weight is 680 g/mol. The molecular formula is C15H6F18FeO6. The van der Waals surface area contributed by atoms with E-state index in [2.05, 4.69) is 0 Å². The summed E-state index contributed by atoms with van der Waals surface area (Å²) in [6.45, 7) is 0. The second kappa shape index (κ2) is 15.0. The molecular weight excluding hydrogens is 674 g/mol. The first-order valence-electron chi connectivity index (χ1n) is 7.92. The fourth-order valence-corrected chi connectivity index (χ4v) is 0.864. The van der Waals surface area contributed by atoms with Gasteiger partial charge in [0.1, 0.15) is 0 Å². The van der Waals surface area contributed by atoms with Crippen LogP contribution in [0.15, 0.2) is 35.5 Å². The summed E-state index contributed by atoms with van der Waals surface area (Å²) >= 11 is 0. The Morgan fingerprint density at radius 2 is 0.475 bits per heavy atom. The smallest absolute Gasteiger partial charge is 0.454 e. The average Bonchev–Trinajstić information content (AvgIpc) is 2.64. The Bertz CT molecular complexity index is 834. The number of carbonyl (C=O) groups is 3. The Morgan fingerprint density at radius 3 is 0.550 bits per heavy atom. The van der Waals surface area contributed by atoms with Crippen LogP contribution in [0.1, 0.15) is 0 Å². The van der Waals surface area contributed by atoms with Crippen LogP contribution >= 0.6 is 0 Å². The third-order valence-electron chi connectivity index (χ3n) is 2.51. The predicted molar refractivity (Wildman–Crippen MR) is 83.5 cm³/mol. The van der Waals surface area contributed by atoms with Gasteiger partial charge in [0.15, 0.2) is 0 Å².